The summed E-state index contributed by atoms with van der Waals surface area (Å²) < 4.78 is 0. The predicted octanol–water partition coefficient (Wildman–Crippen LogP) is 1.37. The van der Waals surface area contributed by atoms with Crippen molar-refractivity contribution >= 4 is 28.5 Å². The van der Waals surface area contributed by atoms with E-state index >= 15 is 0 Å². The summed E-state index contributed by atoms with van der Waals surface area (Å²) in [5.74, 6) is -1.07. The van der Waals surface area contributed by atoms with Crippen LogP contribution in [0.5, 0.6) is 0 Å². The fourth-order valence-corrected chi connectivity index (χ4v) is 2.41. The lowest BCUT2D eigenvalue weighted by atomic mass is 10.1. The van der Waals surface area contributed by atoms with E-state index in [1.807, 2.05) is 30.3 Å². The lowest BCUT2D eigenvalue weighted by Crippen LogP contribution is -2.44. The van der Waals surface area contributed by atoms with Crippen molar-refractivity contribution in [2.75, 3.05) is 0 Å². The number of hydrogen-bond acceptors (Lipinski definition) is 3. The number of amides is 3. The maximum atomic E-state index is 12.1. The third kappa shape index (κ3) is 2.76. The van der Waals surface area contributed by atoms with E-state index in [0.29, 0.717) is 18.4 Å². The van der Waals surface area contributed by atoms with E-state index in [1.165, 1.54) is 0 Å². The molecule has 1 fully saturated rings. The van der Waals surface area contributed by atoms with Crippen molar-refractivity contribution in [2.45, 2.75) is 18.9 Å². The molecule has 0 radical (unpaired) electrons. The van der Waals surface area contributed by atoms with Crippen molar-refractivity contribution in [2.24, 2.45) is 0 Å². The molecule has 1 aliphatic rings. The van der Waals surface area contributed by atoms with Gasteiger partial charge < -0.3 is 5.32 Å². The maximum Gasteiger partial charge on any atom is 0.257 e. The van der Waals surface area contributed by atoms with E-state index in [2.05, 4.69) is 10.6 Å². The van der Waals surface area contributed by atoms with Crippen LogP contribution in [-0.4, -0.2) is 23.8 Å². The molecule has 1 atom stereocenters. The number of benzene rings is 2. The molecule has 1 saturated heterocycles. The molecule has 2 aromatic carbocycles. The van der Waals surface area contributed by atoms with Gasteiger partial charge in [0, 0.05) is 12.0 Å². The fraction of sp³-hybridized carbons (Fsp3) is 0.188. The van der Waals surface area contributed by atoms with Crippen LogP contribution < -0.4 is 10.6 Å². The van der Waals surface area contributed by atoms with Gasteiger partial charge in [-0.1, -0.05) is 30.3 Å². The van der Waals surface area contributed by atoms with Crippen LogP contribution in [0.2, 0.25) is 0 Å². The molecule has 0 aliphatic carbocycles. The molecular formula is C16H14N2O3. The monoisotopic (exact) mass is 282 g/mol. The molecule has 0 unspecified atom stereocenters. The standard InChI is InChI=1S/C16H14N2O3/c19-14-8-7-13(17-14)16(21)18-15(20)12-6-5-10-3-1-2-4-11(10)9-12/h1-6,9,13H,7-8H2,(H,17,19)(H,18,20,21)/t13-/m0/s1. The Kier molecular flexibility index (Phi) is 3.39. The second kappa shape index (κ2) is 5.36. The minimum absolute atomic E-state index is 0.159. The average Bonchev–Trinajstić information content (AvgIpc) is 2.93. The highest BCUT2D eigenvalue weighted by atomic mass is 16.2. The van der Waals surface area contributed by atoms with Gasteiger partial charge in [0.2, 0.25) is 11.8 Å². The molecule has 3 rings (SSSR count). The molecule has 0 spiro atoms. The molecule has 5 nitrogen and oxygen atoms in total. The van der Waals surface area contributed by atoms with E-state index in [4.69, 9.17) is 0 Å². The summed E-state index contributed by atoms with van der Waals surface area (Å²) in [7, 11) is 0. The Morgan fingerprint density at radius 3 is 2.57 bits per heavy atom. The Morgan fingerprint density at radius 1 is 1.10 bits per heavy atom. The number of carbonyl (C=O) groups excluding carboxylic acids is 3. The number of hydrogen-bond donors (Lipinski definition) is 2. The molecule has 1 heterocycles. The van der Waals surface area contributed by atoms with Crippen LogP contribution in [0, 0.1) is 0 Å². The van der Waals surface area contributed by atoms with Gasteiger partial charge in [-0.3, -0.25) is 19.7 Å². The first-order valence-corrected chi connectivity index (χ1v) is 6.77. The van der Waals surface area contributed by atoms with Gasteiger partial charge >= 0.3 is 0 Å². The van der Waals surface area contributed by atoms with Crippen molar-refractivity contribution in [3.05, 3.63) is 48.0 Å². The summed E-state index contributed by atoms with van der Waals surface area (Å²) in [6.45, 7) is 0. The zero-order chi connectivity index (χ0) is 14.8. The topological polar surface area (TPSA) is 75.3 Å². The van der Waals surface area contributed by atoms with E-state index in [0.717, 1.165) is 10.8 Å². The molecule has 2 aromatic rings. The number of rotatable bonds is 2. The lowest BCUT2D eigenvalue weighted by molar-refractivity contribution is -0.125. The summed E-state index contributed by atoms with van der Waals surface area (Å²) in [6.07, 6.45) is 0.748. The second-order valence-electron chi connectivity index (χ2n) is 5.04. The average molecular weight is 282 g/mol. The van der Waals surface area contributed by atoms with Gasteiger partial charge in [-0.25, -0.2) is 0 Å². The van der Waals surface area contributed by atoms with Crippen LogP contribution in [0.15, 0.2) is 42.5 Å². The largest absolute Gasteiger partial charge is 0.344 e. The van der Waals surface area contributed by atoms with Crippen molar-refractivity contribution in [3.63, 3.8) is 0 Å². The highest BCUT2D eigenvalue weighted by Crippen LogP contribution is 2.15. The van der Waals surface area contributed by atoms with E-state index in [1.54, 1.807) is 12.1 Å². The highest BCUT2D eigenvalue weighted by Gasteiger charge is 2.28. The third-order valence-corrected chi connectivity index (χ3v) is 3.56. The third-order valence-electron chi connectivity index (χ3n) is 3.56. The second-order valence-corrected chi connectivity index (χ2v) is 5.04. The summed E-state index contributed by atoms with van der Waals surface area (Å²) >= 11 is 0. The van der Waals surface area contributed by atoms with Crippen molar-refractivity contribution in [3.8, 4) is 0 Å². The number of carbonyl (C=O) groups is 3. The summed E-state index contributed by atoms with van der Waals surface area (Å²) in [5.41, 5.74) is 0.423. The zero-order valence-electron chi connectivity index (χ0n) is 11.3. The van der Waals surface area contributed by atoms with Crippen LogP contribution in [-0.2, 0) is 9.59 Å². The minimum Gasteiger partial charge on any atom is -0.344 e. The number of fused-ring (bicyclic) bond motifs is 1. The van der Waals surface area contributed by atoms with E-state index in [-0.39, 0.29) is 5.91 Å². The number of nitrogens with one attached hydrogen (secondary N) is 2. The normalized spacial score (nSPS) is 17.5. The van der Waals surface area contributed by atoms with Crippen molar-refractivity contribution in [1.82, 2.24) is 10.6 Å². The van der Waals surface area contributed by atoms with Gasteiger partial charge in [0.15, 0.2) is 0 Å². The van der Waals surface area contributed by atoms with Crippen LogP contribution in [0.3, 0.4) is 0 Å². The lowest BCUT2D eigenvalue weighted by Gasteiger charge is -2.10. The summed E-state index contributed by atoms with van der Waals surface area (Å²) in [4.78, 5) is 35.1. The van der Waals surface area contributed by atoms with E-state index in [9.17, 15) is 14.4 Å². The van der Waals surface area contributed by atoms with Gasteiger partial charge in [0.1, 0.15) is 6.04 Å². The SMILES string of the molecule is O=C1CC[C@@H](C(=O)NC(=O)c2ccc3ccccc3c2)N1. The molecule has 21 heavy (non-hydrogen) atoms. The van der Waals surface area contributed by atoms with Gasteiger partial charge in [0.25, 0.3) is 5.91 Å². The highest BCUT2D eigenvalue weighted by molar-refractivity contribution is 6.08. The first kappa shape index (κ1) is 13.3. The smallest absolute Gasteiger partial charge is 0.257 e. The van der Waals surface area contributed by atoms with Crippen LogP contribution >= 0.6 is 0 Å². The fourth-order valence-electron chi connectivity index (χ4n) is 2.41. The Bertz CT molecular complexity index is 739. The van der Waals surface area contributed by atoms with Gasteiger partial charge in [0.05, 0.1) is 0 Å². The predicted molar refractivity (Wildman–Crippen MR) is 77.6 cm³/mol. The Hall–Kier alpha value is -2.69. The quantitative estimate of drug-likeness (QED) is 0.817. The first-order chi connectivity index (χ1) is 10.1. The zero-order valence-corrected chi connectivity index (χ0v) is 11.3. The molecule has 1 aliphatic heterocycles. The Balaban J connectivity index is 1.74. The summed E-state index contributed by atoms with van der Waals surface area (Å²) in [5, 5.41) is 6.84. The maximum absolute atomic E-state index is 12.1. The molecule has 2 N–H and O–H groups in total. The van der Waals surface area contributed by atoms with E-state index < -0.39 is 17.9 Å². The molecule has 106 valence electrons. The first-order valence-electron chi connectivity index (χ1n) is 6.77. The molecular weight excluding hydrogens is 268 g/mol. The van der Waals surface area contributed by atoms with Gasteiger partial charge in [-0.15, -0.1) is 0 Å². The molecule has 0 bridgehead atoms. The van der Waals surface area contributed by atoms with Crippen LogP contribution in [0.1, 0.15) is 23.2 Å². The summed E-state index contributed by atoms with van der Waals surface area (Å²) in [6, 6.07) is 12.3. The van der Waals surface area contributed by atoms with Crippen LogP contribution in [0.25, 0.3) is 10.8 Å². The molecule has 5 heteroatoms. The minimum atomic E-state index is -0.609. The van der Waals surface area contributed by atoms with Crippen LogP contribution in [0.4, 0.5) is 0 Å². The molecule has 0 aromatic heterocycles. The van der Waals surface area contributed by atoms with Crippen molar-refractivity contribution < 1.29 is 14.4 Å². The van der Waals surface area contributed by atoms with Gasteiger partial charge in [-0.2, -0.15) is 0 Å². The number of imide groups is 1. The van der Waals surface area contributed by atoms with Gasteiger partial charge in [-0.05, 0) is 29.3 Å². The Morgan fingerprint density at radius 2 is 1.86 bits per heavy atom. The molecule has 3 amide bonds. The Labute approximate surface area is 121 Å². The molecule has 0 saturated carbocycles. The van der Waals surface area contributed by atoms with Crippen molar-refractivity contribution in [1.29, 1.82) is 0 Å².